The number of amides is 2. The molecule has 0 bridgehead atoms. The van der Waals surface area contributed by atoms with Crippen LogP contribution in [-0.2, 0) is 14.8 Å². The maximum atomic E-state index is 12.4. The molecule has 10 heteroatoms. The molecule has 0 aliphatic carbocycles. The molecule has 9 nitrogen and oxygen atoms in total. The Morgan fingerprint density at radius 2 is 1.76 bits per heavy atom. The molecule has 0 unspecified atom stereocenters. The van der Waals surface area contributed by atoms with Crippen molar-refractivity contribution in [3.63, 3.8) is 0 Å². The predicted octanol–water partition coefficient (Wildman–Crippen LogP) is 4.01. The van der Waals surface area contributed by atoms with E-state index in [9.17, 15) is 18.0 Å². The van der Waals surface area contributed by atoms with Gasteiger partial charge in [0.05, 0.1) is 17.7 Å². The zero-order chi connectivity index (χ0) is 23.8. The first-order chi connectivity index (χ1) is 15.8. The number of hydrogen-bond donors (Lipinski definition) is 3. The van der Waals surface area contributed by atoms with Crippen molar-refractivity contribution in [3.05, 3.63) is 72.2 Å². The zero-order valence-electron chi connectivity index (χ0n) is 18.3. The minimum Gasteiger partial charge on any atom is -0.484 e. The first kappa shape index (κ1) is 23.9. The van der Waals surface area contributed by atoms with Crippen LogP contribution in [-0.4, -0.2) is 32.6 Å². The van der Waals surface area contributed by atoms with Gasteiger partial charge in [-0.05, 0) is 55.3 Å². The summed E-state index contributed by atoms with van der Waals surface area (Å²) in [6, 6.07) is 14.7. The van der Waals surface area contributed by atoms with Crippen LogP contribution < -0.4 is 20.1 Å². The lowest BCUT2D eigenvalue weighted by Crippen LogP contribution is -2.21. The van der Waals surface area contributed by atoms with E-state index in [4.69, 9.17) is 9.15 Å². The Hall–Kier alpha value is -3.79. The monoisotopic (exact) mass is 471 g/mol. The SMILES string of the molecule is CCCS(=O)(=O)Nc1cccc(NC(=O)COc2cccc(NC(=O)c3ccco3)c2)c1C. The Morgan fingerprint density at radius 1 is 1.00 bits per heavy atom. The van der Waals surface area contributed by atoms with Gasteiger partial charge < -0.3 is 19.8 Å². The Balaban J connectivity index is 1.59. The van der Waals surface area contributed by atoms with Crippen LogP contribution >= 0.6 is 0 Å². The van der Waals surface area contributed by atoms with E-state index >= 15 is 0 Å². The third kappa shape index (κ3) is 6.84. The molecule has 0 radical (unpaired) electrons. The summed E-state index contributed by atoms with van der Waals surface area (Å²) in [5.41, 5.74) is 1.95. The minimum atomic E-state index is -3.45. The second-order valence-electron chi connectivity index (χ2n) is 7.20. The zero-order valence-corrected chi connectivity index (χ0v) is 19.1. The van der Waals surface area contributed by atoms with Crippen LogP contribution in [0, 0.1) is 6.92 Å². The minimum absolute atomic E-state index is 0.0118. The van der Waals surface area contributed by atoms with Crippen molar-refractivity contribution in [2.24, 2.45) is 0 Å². The number of ether oxygens (including phenoxy) is 1. The number of carbonyl (C=O) groups excluding carboxylic acids is 2. The summed E-state index contributed by atoms with van der Waals surface area (Å²) in [5.74, 6) is -0.246. The molecule has 2 aromatic carbocycles. The molecule has 3 aromatic rings. The molecule has 0 aliphatic heterocycles. The largest absolute Gasteiger partial charge is 0.484 e. The fraction of sp³-hybridized carbons (Fsp3) is 0.217. The quantitative estimate of drug-likeness (QED) is 0.410. The lowest BCUT2D eigenvalue weighted by atomic mass is 10.1. The van der Waals surface area contributed by atoms with E-state index in [0.29, 0.717) is 34.8 Å². The van der Waals surface area contributed by atoms with E-state index in [-0.39, 0.29) is 18.1 Å². The van der Waals surface area contributed by atoms with Crippen molar-refractivity contribution in [2.75, 3.05) is 27.7 Å². The Kier molecular flexibility index (Phi) is 7.73. The smallest absolute Gasteiger partial charge is 0.291 e. The Labute approximate surface area is 192 Å². The number of rotatable bonds is 10. The fourth-order valence-corrected chi connectivity index (χ4v) is 4.16. The molecular weight excluding hydrogens is 446 g/mol. The van der Waals surface area contributed by atoms with Gasteiger partial charge in [0.1, 0.15) is 5.75 Å². The van der Waals surface area contributed by atoms with Crippen LogP contribution in [0.1, 0.15) is 29.5 Å². The van der Waals surface area contributed by atoms with Crippen LogP contribution in [0.5, 0.6) is 5.75 Å². The molecule has 174 valence electrons. The highest BCUT2D eigenvalue weighted by Gasteiger charge is 2.14. The van der Waals surface area contributed by atoms with E-state index in [2.05, 4.69) is 15.4 Å². The van der Waals surface area contributed by atoms with Gasteiger partial charge in [-0.15, -0.1) is 0 Å². The topological polar surface area (TPSA) is 127 Å². The maximum Gasteiger partial charge on any atom is 0.291 e. The Bertz CT molecular complexity index is 1220. The van der Waals surface area contributed by atoms with E-state index < -0.39 is 21.8 Å². The molecule has 1 aromatic heterocycles. The molecule has 2 amide bonds. The van der Waals surface area contributed by atoms with Crippen molar-refractivity contribution in [3.8, 4) is 5.75 Å². The van der Waals surface area contributed by atoms with Crippen molar-refractivity contribution in [2.45, 2.75) is 20.3 Å². The highest BCUT2D eigenvalue weighted by atomic mass is 32.2. The molecule has 0 saturated heterocycles. The number of sulfonamides is 1. The van der Waals surface area contributed by atoms with Crippen LogP contribution in [0.4, 0.5) is 17.1 Å². The third-order valence-electron chi connectivity index (χ3n) is 4.55. The van der Waals surface area contributed by atoms with E-state index in [1.807, 2.05) is 0 Å². The number of benzene rings is 2. The van der Waals surface area contributed by atoms with Gasteiger partial charge in [-0.2, -0.15) is 0 Å². The van der Waals surface area contributed by atoms with Crippen molar-refractivity contribution in [1.82, 2.24) is 0 Å². The molecule has 33 heavy (non-hydrogen) atoms. The van der Waals surface area contributed by atoms with Crippen LogP contribution in [0.3, 0.4) is 0 Å². The first-order valence-corrected chi connectivity index (χ1v) is 11.9. The van der Waals surface area contributed by atoms with Crippen molar-refractivity contribution < 1.29 is 27.2 Å². The predicted molar refractivity (Wildman–Crippen MR) is 126 cm³/mol. The third-order valence-corrected chi connectivity index (χ3v) is 6.03. The molecule has 0 spiro atoms. The van der Waals surface area contributed by atoms with Crippen LogP contribution in [0.2, 0.25) is 0 Å². The second-order valence-corrected chi connectivity index (χ2v) is 9.04. The summed E-state index contributed by atoms with van der Waals surface area (Å²) in [4.78, 5) is 24.5. The molecule has 3 N–H and O–H groups in total. The lowest BCUT2D eigenvalue weighted by Gasteiger charge is -2.14. The highest BCUT2D eigenvalue weighted by Crippen LogP contribution is 2.25. The number of furan rings is 1. The highest BCUT2D eigenvalue weighted by molar-refractivity contribution is 7.92. The molecule has 0 saturated carbocycles. The first-order valence-electron chi connectivity index (χ1n) is 10.2. The number of carbonyl (C=O) groups is 2. The van der Waals surface area contributed by atoms with Crippen LogP contribution in [0.25, 0.3) is 0 Å². The van der Waals surface area contributed by atoms with E-state index in [1.54, 1.807) is 68.4 Å². The average Bonchev–Trinajstić information content (AvgIpc) is 3.30. The van der Waals surface area contributed by atoms with Gasteiger partial charge in [-0.1, -0.05) is 19.1 Å². The van der Waals surface area contributed by atoms with Crippen molar-refractivity contribution >= 4 is 38.9 Å². The second kappa shape index (κ2) is 10.7. The van der Waals surface area contributed by atoms with Gasteiger partial charge in [-0.25, -0.2) is 8.42 Å². The summed E-state index contributed by atoms with van der Waals surface area (Å²) in [6.45, 7) is 3.22. The number of anilines is 3. The summed E-state index contributed by atoms with van der Waals surface area (Å²) in [5, 5.41) is 5.41. The molecule has 1 heterocycles. The van der Waals surface area contributed by atoms with Gasteiger partial charge >= 0.3 is 0 Å². The van der Waals surface area contributed by atoms with Gasteiger partial charge in [0.25, 0.3) is 11.8 Å². The lowest BCUT2D eigenvalue weighted by molar-refractivity contribution is -0.118. The van der Waals surface area contributed by atoms with Gasteiger partial charge in [-0.3, -0.25) is 14.3 Å². The summed E-state index contributed by atoms with van der Waals surface area (Å²) in [6.07, 6.45) is 1.90. The van der Waals surface area contributed by atoms with E-state index in [1.165, 1.54) is 6.26 Å². The molecule has 0 aliphatic rings. The van der Waals surface area contributed by atoms with Gasteiger partial charge in [0.15, 0.2) is 12.4 Å². The molecular formula is C23H25N3O6S. The standard InChI is InChI=1S/C23H25N3O6S/c1-3-13-33(29,30)26-20-10-5-9-19(16(20)2)25-22(27)15-32-18-8-4-7-17(14-18)24-23(28)21-11-6-12-31-21/h4-12,14,26H,3,13,15H2,1-2H3,(H,24,28)(H,25,27). The van der Waals surface area contributed by atoms with Gasteiger partial charge in [0, 0.05) is 17.4 Å². The molecule has 0 fully saturated rings. The number of nitrogens with one attached hydrogen (secondary N) is 3. The maximum absolute atomic E-state index is 12.4. The number of hydrogen-bond acceptors (Lipinski definition) is 6. The molecule has 0 atom stereocenters. The summed E-state index contributed by atoms with van der Waals surface area (Å²) >= 11 is 0. The van der Waals surface area contributed by atoms with Crippen molar-refractivity contribution in [1.29, 1.82) is 0 Å². The fourth-order valence-electron chi connectivity index (χ4n) is 2.97. The molecule has 3 rings (SSSR count). The summed E-state index contributed by atoms with van der Waals surface area (Å²) < 4.78 is 37.2. The Morgan fingerprint density at radius 3 is 2.48 bits per heavy atom. The summed E-state index contributed by atoms with van der Waals surface area (Å²) in [7, 11) is -3.45. The normalized spacial score (nSPS) is 11.0. The van der Waals surface area contributed by atoms with Crippen LogP contribution in [0.15, 0.2) is 65.3 Å². The average molecular weight is 472 g/mol. The van der Waals surface area contributed by atoms with Gasteiger partial charge in [0.2, 0.25) is 10.0 Å². The van der Waals surface area contributed by atoms with E-state index in [0.717, 1.165) is 0 Å².